The highest BCUT2D eigenvalue weighted by Gasteiger charge is 2.21. The van der Waals surface area contributed by atoms with Crippen LogP contribution in [0, 0.1) is 41.1 Å². The molecule has 2 aromatic carbocycles. The second kappa shape index (κ2) is 14.1. The zero-order valence-corrected chi connectivity index (χ0v) is 23.0. The molecule has 0 aromatic heterocycles. The van der Waals surface area contributed by atoms with E-state index in [0.29, 0.717) is 30.1 Å². The van der Waals surface area contributed by atoms with Crippen molar-refractivity contribution in [1.29, 1.82) is 0 Å². The lowest BCUT2D eigenvalue weighted by Crippen LogP contribution is -2.16. The van der Waals surface area contributed by atoms with Crippen LogP contribution in [0.1, 0.15) is 83.6 Å². The lowest BCUT2D eigenvalue weighted by atomic mass is 9.79. The van der Waals surface area contributed by atoms with E-state index in [4.69, 9.17) is 4.74 Å². The minimum Gasteiger partial charge on any atom is -0.490 e. The van der Waals surface area contributed by atoms with E-state index in [0.717, 1.165) is 24.7 Å². The molecule has 2 aliphatic carbocycles. The van der Waals surface area contributed by atoms with Crippen molar-refractivity contribution in [2.24, 2.45) is 23.7 Å². The van der Waals surface area contributed by atoms with Crippen LogP contribution in [-0.2, 0) is 6.42 Å². The van der Waals surface area contributed by atoms with Crippen molar-refractivity contribution in [2.75, 3.05) is 6.61 Å². The maximum Gasteiger partial charge on any atom is 0.166 e. The molecule has 0 saturated heterocycles. The van der Waals surface area contributed by atoms with Crippen molar-refractivity contribution in [3.8, 4) is 16.9 Å². The Balaban J connectivity index is 1.24. The highest BCUT2D eigenvalue weighted by Crippen LogP contribution is 2.34. The van der Waals surface area contributed by atoms with Crippen molar-refractivity contribution in [2.45, 2.75) is 84.5 Å². The van der Waals surface area contributed by atoms with Gasteiger partial charge >= 0.3 is 0 Å². The minimum atomic E-state index is -0.941. The van der Waals surface area contributed by atoms with E-state index in [9.17, 15) is 13.2 Å². The molecular formula is C34H43F3O. The van der Waals surface area contributed by atoms with E-state index in [1.54, 1.807) is 19.1 Å². The van der Waals surface area contributed by atoms with Crippen LogP contribution in [0.15, 0.2) is 54.6 Å². The summed E-state index contributed by atoms with van der Waals surface area (Å²) in [7, 11) is 0. The fourth-order valence-corrected chi connectivity index (χ4v) is 5.92. The van der Waals surface area contributed by atoms with Crippen molar-refractivity contribution in [1.82, 2.24) is 0 Å². The van der Waals surface area contributed by atoms with Gasteiger partial charge in [0, 0.05) is 11.5 Å². The van der Waals surface area contributed by atoms with Gasteiger partial charge in [-0.25, -0.2) is 13.2 Å². The smallest absolute Gasteiger partial charge is 0.166 e. The maximum atomic E-state index is 14.7. The number of hydrogen-bond acceptors (Lipinski definition) is 1. The molecule has 206 valence electrons. The Morgan fingerprint density at radius 2 is 1.66 bits per heavy atom. The zero-order chi connectivity index (χ0) is 26.9. The molecule has 4 rings (SSSR count). The molecule has 38 heavy (non-hydrogen) atoms. The number of rotatable bonds is 11. The van der Waals surface area contributed by atoms with Crippen LogP contribution in [0.25, 0.3) is 11.1 Å². The highest BCUT2D eigenvalue weighted by molar-refractivity contribution is 5.65. The van der Waals surface area contributed by atoms with Gasteiger partial charge in [-0.15, -0.1) is 0 Å². The molecule has 0 aliphatic heterocycles. The van der Waals surface area contributed by atoms with Gasteiger partial charge in [0.15, 0.2) is 23.2 Å². The van der Waals surface area contributed by atoms with Crippen LogP contribution in [0.5, 0.6) is 5.75 Å². The van der Waals surface area contributed by atoms with Crippen LogP contribution in [0.3, 0.4) is 0 Å². The van der Waals surface area contributed by atoms with Crippen LogP contribution < -0.4 is 4.74 Å². The standard InChI is InChI=1S/C34H43F3O/c1-3-5-6-7-24-8-10-25(11-9-24)12-13-26-14-16-27(17-15-26)23-38-32-21-19-29(22-31(32)35)30-20-18-28(4-2)33(36)34(30)37/h12-14,16,18-22,24-27H,3-11,15,17,23H2,1-2H3. The number of aryl methyl sites for hydroxylation is 1. The fourth-order valence-electron chi connectivity index (χ4n) is 5.92. The van der Waals surface area contributed by atoms with E-state index < -0.39 is 17.5 Å². The van der Waals surface area contributed by atoms with Gasteiger partial charge in [0.2, 0.25) is 0 Å². The first kappa shape index (κ1) is 28.5. The molecule has 2 aliphatic rings. The summed E-state index contributed by atoms with van der Waals surface area (Å²) in [6.07, 6.45) is 22.7. The largest absolute Gasteiger partial charge is 0.490 e. The monoisotopic (exact) mass is 524 g/mol. The molecule has 1 saturated carbocycles. The van der Waals surface area contributed by atoms with Crippen LogP contribution in [0.2, 0.25) is 0 Å². The topological polar surface area (TPSA) is 9.23 Å². The van der Waals surface area contributed by atoms with Crippen LogP contribution in [-0.4, -0.2) is 6.61 Å². The second-order valence-corrected chi connectivity index (χ2v) is 11.3. The van der Waals surface area contributed by atoms with Crippen molar-refractivity contribution >= 4 is 0 Å². The average molecular weight is 525 g/mol. The molecule has 1 nitrogen and oxygen atoms in total. The minimum absolute atomic E-state index is 0.0551. The van der Waals surface area contributed by atoms with E-state index >= 15 is 0 Å². The number of ether oxygens (including phenoxy) is 1. The summed E-state index contributed by atoms with van der Waals surface area (Å²) in [5.41, 5.74) is 0.663. The molecule has 0 heterocycles. The van der Waals surface area contributed by atoms with Gasteiger partial charge in [0.05, 0.1) is 6.61 Å². The molecule has 0 amide bonds. The second-order valence-electron chi connectivity index (χ2n) is 11.3. The molecule has 0 bridgehead atoms. The summed E-state index contributed by atoms with van der Waals surface area (Å²) in [5, 5.41) is 0. The average Bonchev–Trinajstić information content (AvgIpc) is 2.94. The molecule has 0 spiro atoms. The normalized spacial score (nSPS) is 23.7. The summed E-state index contributed by atoms with van der Waals surface area (Å²) >= 11 is 0. The number of allylic oxidation sites excluding steroid dienone is 3. The Hall–Kier alpha value is -2.49. The highest BCUT2D eigenvalue weighted by atomic mass is 19.2. The Morgan fingerprint density at radius 1 is 0.842 bits per heavy atom. The number of unbranched alkanes of at least 4 members (excludes halogenated alkanes) is 2. The third kappa shape index (κ3) is 7.55. The van der Waals surface area contributed by atoms with Crippen molar-refractivity contribution < 1.29 is 17.9 Å². The molecule has 2 aromatic rings. The van der Waals surface area contributed by atoms with E-state index in [2.05, 4.69) is 31.2 Å². The number of halogens is 3. The first-order valence-electron chi connectivity index (χ1n) is 14.7. The number of benzene rings is 2. The molecule has 1 fully saturated rings. The molecule has 2 unspecified atom stereocenters. The quantitative estimate of drug-likeness (QED) is 0.210. The lowest BCUT2D eigenvalue weighted by molar-refractivity contribution is 0.249. The Bertz CT molecular complexity index is 1100. The first-order chi connectivity index (χ1) is 18.5. The van der Waals surface area contributed by atoms with E-state index in [-0.39, 0.29) is 17.2 Å². The van der Waals surface area contributed by atoms with E-state index in [1.807, 2.05) is 0 Å². The van der Waals surface area contributed by atoms with Gasteiger partial charge in [0.1, 0.15) is 0 Å². The molecule has 0 N–H and O–H groups in total. The van der Waals surface area contributed by atoms with Gasteiger partial charge < -0.3 is 4.74 Å². The molecule has 4 heteroatoms. The Labute approximate surface area is 227 Å². The molecular weight excluding hydrogens is 481 g/mol. The molecule has 2 atom stereocenters. The SMILES string of the molecule is CCCCCC1CCC(C=CC2C=CC(COc3ccc(-c4ccc(CC)c(F)c4F)cc3F)CC2)CC1. The van der Waals surface area contributed by atoms with Gasteiger partial charge in [-0.3, -0.25) is 0 Å². The summed E-state index contributed by atoms with van der Waals surface area (Å²) in [6, 6.07) is 7.36. The van der Waals surface area contributed by atoms with Crippen LogP contribution in [0.4, 0.5) is 13.2 Å². The van der Waals surface area contributed by atoms with Crippen molar-refractivity contribution in [3.63, 3.8) is 0 Å². The van der Waals surface area contributed by atoms with E-state index in [1.165, 1.54) is 69.6 Å². The predicted octanol–water partition coefficient (Wildman–Crippen LogP) is 10.2. The van der Waals surface area contributed by atoms with Gasteiger partial charge in [0.25, 0.3) is 0 Å². The van der Waals surface area contributed by atoms with Gasteiger partial charge in [-0.05, 0) is 86.0 Å². The van der Waals surface area contributed by atoms with Gasteiger partial charge in [-0.1, -0.05) is 82.0 Å². The Kier molecular flexibility index (Phi) is 10.5. The maximum absolute atomic E-state index is 14.7. The lowest BCUT2D eigenvalue weighted by Gasteiger charge is -2.27. The summed E-state index contributed by atoms with van der Waals surface area (Å²) in [6.45, 7) is 4.44. The zero-order valence-electron chi connectivity index (χ0n) is 23.0. The Morgan fingerprint density at radius 3 is 2.34 bits per heavy atom. The van der Waals surface area contributed by atoms with Crippen LogP contribution >= 0.6 is 0 Å². The number of hydrogen-bond donors (Lipinski definition) is 0. The fraction of sp³-hybridized carbons (Fsp3) is 0.529. The van der Waals surface area contributed by atoms with Crippen molar-refractivity contribution in [3.05, 3.63) is 77.7 Å². The predicted molar refractivity (Wildman–Crippen MR) is 151 cm³/mol. The molecule has 0 radical (unpaired) electrons. The third-order valence-corrected chi connectivity index (χ3v) is 8.48. The third-order valence-electron chi connectivity index (χ3n) is 8.48. The summed E-state index contributed by atoms with van der Waals surface area (Å²) in [5.74, 6) is 0.149. The summed E-state index contributed by atoms with van der Waals surface area (Å²) in [4.78, 5) is 0. The van der Waals surface area contributed by atoms with Gasteiger partial charge in [-0.2, -0.15) is 0 Å². The summed E-state index contributed by atoms with van der Waals surface area (Å²) < 4.78 is 49.2. The first-order valence-corrected chi connectivity index (χ1v) is 14.7.